The number of methoxy groups -OCH3 is 2. The summed E-state index contributed by atoms with van der Waals surface area (Å²) >= 11 is 0. The van der Waals surface area contributed by atoms with Gasteiger partial charge in [0.15, 0.2) is 23.0 Å². The summed E-state index contributed by atoms with van der Waals surface area (Å²) in [7, 11) is 3.28. The summed E-state index contributed by atoms with van der Waals surface area (Å²) in [5, 5.41) is 15.7. The van der Waals surface area contributed by atoms with Gasteiger partial charge in [0.2, 0.25) is 0 Å². The van der Waals surface area contributed by atoms with E-state index in [4.69, 9.17) is 19.4 Å². The molecule has 3 heterocycles. The third kappa shape index (κ3) is 3.44. The van der Waals surface area contributed by atoms with E-state index in [2.05, 4.69) is 29.6 Å². The van der Waals surface area contributed by atoms with Crippen LogP contribution in [-0.4, -0.2) is 43.5 Å². The molecular weight excluding hydrogens is 418 g/mol. The van der Waals surface area contributed by atoms with E-state index < -0.39 is 0 Å². The van der Waals surface area contributed by atoms with Gasteiger partial charge in [-0.2, -0.15) is 0 Å². The monoisotopic (exact) mass is 443 g/mol. The van der Waals surface area contributed by atoms with Crippen molar-refractivity contribution in [2.24, 2.45) is 0 Å². The zero-order valence-electron chi connectivity index (χ0n) is 19.0. The molecule has 5 rings (SSSR count). The topological polar surface area (TPSA) is 86.7 Å². The van der Waals surface area contributed by atoms with Crippen LogP contribution in [0.25, 0.3) is 28.1 Å². The average molecular weight is 444 g/mol. The summed E-state index contributed by atoms with van der Waals surface area (Å²) in [4.78, 5) is 9.47. The number of nitrogens with zero attached hydrogens (tertiary/aromatic N) is 5. The van der Waals surface area contributed by atoms with Crippen LogP contribution in [0.15, 0.2) is 48.8 Å². The van der Waals surface area contributed by atoms with Crippen molar-refractivity contribution in [3.8, 4) is 28.6 Å². The Balaban J connectivity index is 1.55. The third-order valence-corrected chi connectivity index (χ3v) is 6.16. The Kier molecular flexibility index (Phi) is 5.12. The van der Waals surface area contributed by atoms with Crippen molar-refractivity contribution in [3.63, 3.8) is 0 Å². The third-order valence-electron chi connectivity index (χ3n) is 6.16. The molecule has 1 N–H and O–H groups in total. The molecule has 0 radical (unpaired) electrons. The summed E-state index contributed by atoms with van der Waals surface area (Å²) in [5.41, 5.74) is 5.59. The lowest BCUT2D eigenvalue weighted by molar-refractivity contribution is 0.354. The van der Waals surface area contributed by atoms with E-state index in [0.29, 0.717) is 11.4 Å². The number of aryl methyl sites for hydroxylation is 3. The molecule has 5 aromatic rings. The highest BCUT2D eigenvalue weighted by Crippen LogP contribution is 2.31. The predicted octanol–water partition coefficient (Wildman–Crippen LogP) is 4.33. The Hall–Kier alpha value is -4.07. The largest absolute Gasteiger partial charge is 0.507 e. The molecule has 0 saturated heterocycles. The highest BCUT2D eigenvalue weighted by atomic mass is 16.5. The number of hydrogen-bond donors (Lipinski definition) is 1. The number of phenols is 1. The van der Waals surface area contributed by atoms with Crippen molar-refractivity contribution in [1.82, 2.24) is 24.1 Å². The smallest absolute Gasteiger partial charge is 0.185 e. The van der Waals surface area contributed by atoms with Crippen molar-refractivity contribution in [2.75, 3.05) is 14.2 Å². The standard InChI is InChI=1S/C25H25N5O3/c1-15-16(2)29(12-11-17-9-10-20(32-3)21(13-17)33-4)24-22(15)25-27-23(28-30(25)14-26-24)18-7-5-6-8-19(18)31/h5-10,13-14,31H,11-12H2,1-4H3. The molecule has 0 fully saturated rings. The number of ether oxygens (including phenoxy) is 2. The summed E-state index contributed by atoms with van der Waals surface area (Å²) < 4.78 is 14.7. The van der Waals surface area contributed by atoms with Gasteiger partial charge in [0.1, 0.15) is 17.7 Å². The second-order valence-corrected chi connectivity index (χ2v) is 7.97. The fourth-order valence-electron chi connectivity index (χ4n) is 4.26. The van der Waals surface area contributed by atoms with Crippen LogP contribution < -0.4 is 9.47 Å². The minimum Gasteiger partial charge on any atom is -0.507 e. The molecule has 33 heavy (non-hydrogen) atoms. The Morgan fingerprint density at radius 3 is 2.52 bits per heavy atom. The first-order valence-electron chi connectivity index (χ1n) is 10.7. The van der Waals surface area contributed by atoms with E-state index >= 15 is 0 Å². The first kappa shape index (κ1) is 20.8. The number of phenolic OH excluding ortho intramolecular Hbond substituents is 1. The maximum atomic E-state index is 10.2. The van der Waals surface area contributed by atoms with Crippen LogP contribution in [0, 0.1) is 13.8 Å². The number of aromatic nitrogens is 5. The first-order chi connectivity index (χ1) is 16.0. The van der Waals surface area contributed by atoms with Crippen molar-refractivity contribution in [2.45, 2.75) is 26.8 Å². The quantitative estimate of drug-likeness (QED) is 0.420. The Morgan fingerprint density at radius 2 is 1.76 bits per heavy atom. The van der Waals surface area contributed by atoms with Gasteiger partial charge in [0.25, 0.3) is 0 Å². The molecule has 8 heteroatoms. The minimum atomic E-state index is 0.151. The maximum Gasteiger partial charge on any atom is 0.185 e. The van der Waals surface area contributed by atoms with Crippen LogP contribution in [0.2, 0.25) is 0 Å². The average Bonchev–Trinajstić information content (AvgIpc) is 3.37. The SMILES string of the molecule is COc1ccc(CCn2c(C)c(C)c3c2ncn2nc(-c4ccccc4O)nc32)cc1OC. The lowest BCUT2D eigenvalue weighted by atomic mass is 10.1. The second-order valence-electron chi connectivity index (χ2n) is 7.97. The Labute approximate surface area is 191 Å². The molecule has 168 valence electrons. The molecule has 0 aliphatic rings. The van der Waals surface area contributed by atoms with Crippen molar-refractivity contribution >= 4 is 16.7 Å². The lowest BCUT2D eigenvalue weighted by Crippen LogP contribution is -2.05. The number of rotatable bonds is 6. The summed E-state index contributed by atoms with van der Waals surface area (Å²) in [6.45, 7) is 4.94. The highest BCUT2D eigenvalue weighted by molar-refractivity contribution is 5.94. The predicted molar refractivity (Wildman–Crippen MR) is 126 cm³/mol. The Bertz CT molecular complexity index is 1490. The molecule has 0 spiro atoms. The van der Waals surface area contributed by atoms with Gasteiger partial charge in [-0.25, -0.2) is 14.5 Å². The van der Waals surface area contributed by atoms with Crippen LogP contribution in [0.4, 0.5) is 0 Å². The molecule has 0 aliphatic carbocycles. The fourth-order valence-corrected chi connectivity index (χ4v) is 4.26. The molecule has 0 atom stereocenters. The van der Waals surface area contributed by atoms with E-state index in [0.717, 1.165) is 58.0 Å². The first-order valence-corrected chi connectivity index (χ1v) is 10.7. The minimum absolute atomic E-state index is 0.151. The van der Waals surface area contributed by atoms with E-state index in [-0.39, 0.29) is 5.75 Å². The molecule has 0 amide bonds. The van der Waals surface area contributed by atoms with Gasteiger partial charge in [-0.15, -0.1) is 5.10 Å². The van der Waals surface area contributed by atoms with E-state index in [1.807, 2.05) is 18.2 Å². The van der Waals surface area contributed by atoms with Gasteiger partial charge < -0.3 is 19.1 Å². The number of benzene rings is 2. The zero-order chi connectivity index (χ0) is 23.1. The highest BCUT2D eigenvalue weighted by Gasteiger charge is 2.19. The maximum absolute atomic E-state index is 10.2. The molecule has 0 aliphatic heterocycles. The molecule has 0 bridgehead atoms. The van der Waals surface area contributed by atoms with Crippen molar-refractivity contribution in [1.29, 1.82) is 0 Å². The van der Waals surface area contributed by atoms with Gasteiger partial charge in [0, 0.05) is 12.2 Å². The Morgan fingerprint density at radius 1 is 0.970 bits per heavy atom. The van der Waals surface area contributed by atoms with Gasteiger partial charge in [-0.05, 0) is 55.7 Å². The molecule has 8 nitrogen and oxygen atoms in total. The molecule has 2 aromatic carbocycles. The summed E-state index contributed by atoms with van der Waals surface area (Å²) in [6.07, 6.45) is 2.49. The number of aromatic hydroxyl groups is 1. The molecule has 0 saturated carbocycles. The summed E-state index contributed by atoms with van der Waals surface area (Å²) in [6, 6.07) is 13.1. The van der Waals surface area contributed by atoms with E-state index in [1.54, 1.807) is 43.3 Å². The zero-order valence-corrected chi connectivity index (χ0v) is 19.0. The lowest BCUT2D eigenvalue weighted by Gasteiger charge is -2.11. The van der Waals surface area contributed by atoms with Crippen LogP contribution in [-0.2, 0) is 13.0 Å². The van der Waals surface area contributed by atoms with Crippen LogP contribution >= 0.6 is 0 Å². The van der Waals surface area contributed by atoms with Crippen molar-refractivity contribution < 1.29 is 14.6 Å². The van der Waals surface area contributed by atoms with Crippen molar-refractivity contribution in [3.05, 3.63) is 65.6 Å². The van der Waals surface area contributed by atoms with Gasteiger partial charge in [-0.1, -0.05) is 18.2 Å². The normalized spacial score (nSPS) is 11.4. The van der Waals surface area contributed by atoms with Crippen LogP contribution in [0.1, 0.15) is 16.8 Å². The van der Waals surface area contributed by atoms with Gasteiger partial charge in [0.05, 0.1) is 25.2 Å². The molecule has 0 unspecified atom stereocenters. The van der Waals surface area contributed by atoms with Crippen LogP contribution in [0.5, 0.6) is 17.2 Å². The van der Waals surface area contributed by atoms with Crippen LogP contribution in [0.3, 0.4) is 0 Å². The number of fused-ring (bicyclic) bond motifs is 3. The van der Waals surface area contributed by atoms with Gasteiger partial charge in [-0.3, -0.25) is 0 Å². The van der Waals surface area contributed by atoms with Gasteiger partial charge >= 0.3 is 0 Å². The second kappa shape index (κ2) is 8.12. The number of hydrogen-bond acceptors (Lipinski definition) is 6. The van der Waals surface area contributed by atoms with E-state index in [1.165, 1.54) is 0 Å². The fraction of sp³-hybridized carbons (Fsp3) is 0.240. The summed E-state index contributed by atoms with van der Waals surface area (Å²) in [5.74, 6) is 2.06. The molecular formula is C25H25N5O3. The van der Waals surface area contributed by atoms with E-state index in [9.17, 15) is 5.11 Å². The molecule has 3 aromatic heterocycles. The number of para-hydroxylation sites is 1.